The van der Waals surface area contributed by atoms with Gasteiger partial charge in [-0.25, -0.2) is 9.18 Å². The van der Waals surface area contributed by atoms with Gasteiger partial charge in [0, 0.05) is 11.8 Å². The van der Waals surface area contributed by atoms with Crippen LogP contribution in [0, 0.1) is 17.8 Å². The lowest BCUT2D eigenvalue weighted by molar-refractivity contribution is 0.147. The van der Waals surface area contributed by atoms with Gasteiger partial charge in [0.2, 0.25) is 0 Å². The largest absolute Gasteiger partial charge is 0.449 e. The van der Waals surface area contributed by atoms with E-state index in [1.165, 1.54) is 12.1 Å². The molecule has 1 radical (unpaired) electrons. The van der Waals surface area contributed by atoms with Crippen LogP contribution in [0.15, 0.2) is 18.2 Å². The van der Waals surface area contributed by atoms with Crippen molar-refractivity contribution in [3.8, 4) is 0 Å². The van der Waals surface area contributed by atoms with E-state index in [-0.39, 0.29) is 5.92 Å². The van der Waals surface area contributed by atoms with Crippen LogP contribution in [-0.2, 0) is 4.74 Å². The van der Waals surface area contributed by atoms with Crippen molar-refractivity contribution in [2.75, 3.05) is 11.9 Å². The molecule has 1 N–H and O–H groups in total. The number of carbonyl (C=O) groups is 1. The molecule has 1 rings (SSSR count). The second kappa shape index (κ2) is 5.34. The Hall–Kier alpha value is -1.58. The minimum absolute atomic E-state index is 0.275. The van der Waals surface area contributed by atoms with E-state index in [2.05, 4.69) is 11.4 Å². The molecule has 0 heterocycles. The van der Waals surface area contributed by atoms with E-state index in [0.717, 1.165) is 0 Å². The van der Waals surface area contributed by atoms with Crippen LogP contribution in [-0.4, -0.2) is 12.7 Å². The van der Waals surface area contributed by atoms with Gasteiger partial charge in [-0.1, -0.05) is 13.8 Å². The molecule has 0 aliphatic carbocycles. The average Bonchev–Trinajstić information content (AvgIpc) is 2.15. The molecule has 0 saturated carbocycles. The van der Waals surface area contributed by atoms with Gasteiger partial charge in [-0.2, -0.15) is 0 Å². The van der Waals surface area contributed by atoms with E-state index in [9.17, 15) is 9.18 Å². The van der Waals surface area contributed by atoms with Gasteiger partial charge in [-0.05, 0) is 24.1 Å². The fourth-order valence-corrected chi connectivity index (χ4v) is 0.911. The van der Waals surface area contributed by atoms with Crippen molar-refractivity contribution in [3.05, 3.63) is 30.1 Å². The molecular weight excluding hydrogens is 197 g/mol. The van der Waals surface area contributed by atoms with Gasteiger partial charge in [0.15, 0.2) is 0 Å². The molecule has 0 saturated heterocycles. The van der Waals surface area contributed by atoms with Crippen LogP contribution in [0.4, 0.5) is 14.9 Å². The quantitative estimate of drug-likeness (QED) is 0.833. The molecule has 0 bridgehead atoms. The highest BCUT2D eigenvalue weighted by Crippen LogP contribution is 2.08. The summed E-state index contributed by atoms with van der Waals surface area (Å²) < 4.78 is 17.5. The highest BCUT2D eigenvalue weighted by atomic mass is 19.1. The number of ether oxygens (including phenoxy) is 1. The molecule has 1 aromatic carbocycles. The topological polar surface area (TPSA) is 38.3 Å². The van der Waals surface area contributed by atoms with Crippen LogP contribution < -0.4 is 5.32 Å². The van der Waals surface area contributed by atoms with Crippen molar-refractivity contribution >= 4 is 11.8 Å². The van der Waals surface area contributed by atoms with E-state index in [1.807, 2.05) is 13.8 Å². The normalized spacial score (nSPS) is 10.1. The lowest BCUT2D eigenvalue weighted by Gasteiger charge is -2.08. The van der Waals surface area contributed by atoms with E-state index >= 15 is 0 Å². The maximum Gasteiger partial charge on any atom is 0.411 e. The number of nitrogens with one attached hydrogen (secondary N) is 1. The molecule has 0 aliphatic heterocycles. The highest BCUT2D eigenvalue weighted by Gasteiger charge is 2.04. The van der Waals surface area contributed by atoms with Crippen LogP contribution in [0.25, 0.3) is 0 Å². The van der Waals surface area contributed by atoms with Crippen LogP contribution in [0.5, 0.6) is 0 Å². The molecule has 81 valence electrons. The fraction of sp³-hybridized carbons (Fsp3) is 0.364. The van der Waals surface area contributed by atoms with Gasteiger partial charge in [0.25, 0.3) is 0 Å². The van der Waals surface area contributed by atoms with Crippen molar-refractivity contribution in [3.63, 3.8) is 0 Å². The Morgan fingerprint density at radius 2 is 2.40 bits per heavy atom. The van der Waals surface area contributed by atoms with Gasteiger partial charge < -0.3 is 4.74 Å². The fourth-order valence-electron chi connectivity index (χ4n) is 0.911. The van der Waals surface area contributed by atoms with Crippen molar-refractivity contribution < 1.29 is 13.9 Å². The summed E-state index contributed by atoms with van der Waals surface area (Å²) in [5.41, 5.74) is 0.361. The summed E-state index contributed by atoms with van der Waals surface area (Å²) in [5.74, 6) is -0.242. The highest BCUT2D eigenvalue weighted by molar-refractivity contribution is 5.84. The molecule has 0 aromatic heterocycles. The van der Waals surface area contributed by atoms with Crippen LogP contribution in [0.1, 0.15) is 13.8 Å². The summed E-state index contributed by atoms with van der Waals surface area (Å²) in [6.45, 7) is 4.21. The third-order valence-corrected chi connectivity index (χ3v) is 1.56. The van der Waals surface area contributed by atoms with E-state index < -0.39 is 11.9 Å². The van der Waals surface area contributed by atoms with E-state index in [0.29, 0.717) is 12.3 Å². The Morgan fingerprint density at radius 3 is 3.00 bits per heavy atom. The number of rotatable bonds is 3. The zero-order valence-corrected chi connectivity index (χ0v) is 8.71. The number of hydrogen-bond donors (Lipinski definition) is 1. The van der Waals surface area contributed by atoms with Crippen molar-refractivity contribution in [1.29, 1.82) is 0 Å². The monoisotopic (exact) mass is 210 g/mol. The molecule has 0 fully saturated rings. The smallest absolute Gasteiger partial charge is 0.411 e. The summed E-state index contributed by atoms with van der Waals surface area (Å²) in [6.07, 6.45) is -0.575. The second-order valence-electron chi connectivity index (χ2n) is 3.54. The molecule has 1 amide bonds. The van der Waals surface area contributed by atoms with Gasteiger partial charge in [-0.15, -0.1) is 0 Å². The molecule has 0 unspecified atom stereocenters. The minimum Gasteiger partial charge on any atom is -0.449 e. The lowest BCUT2D eigenvalue weighted by atomic mass is 10.2. The summed E-state index contributed by atoms with van der Waals surface area (Å²) >= 11 is 0. The summed E-state index contributed by atoms with van der Waals surface area (Å²) in [4.78, 5) is 11.2. The van der Waals surface area contributed by atoms with Crippen LogP contribution in [0.2, 0.25) is 0 Å². The molecule has 15 heavy (non-hydrogen) atoms. The lowest BCUT2D eigenvalue weighted by Crippen LogP contribution is -2.16. The number of anilines is 1. The van der Waals surface area contributed by atoms with Gasteiger partial charge in [0.1, 0.15) is 5.82 Å². The molecule has 0 aliphatic rings. The molecule has 1 aromatic rings. The first-order chi connectivity index (χ1) is 7.08. The number of benzene rings is 1. The second-order valence-corrected chi connectivity index (χ2v) is 3.54. The Labute approximate surface area is 88.2 Å². The zero-order chi connectivity index (χ0) is 11.3. The number of hydrogen-bond acceptors (Lipinski definition) is 2. The standard InChI is InChI=1S/C11H13FNO2/c1-8(2)7-15-11(14)13-10-5-3-4-9(12)6-10/h3,5-6,8H,7H2,1-2H3,(H,13,14). The maximum atomic E-state index is 12.7. The summed E-state index contributed by atoms with van der Waals surface area (Å²) in [5, 5.41) is 2.42. The van der Waals surface area contributed by atoms with Gasteiger partial charge in [-0.3, -0.25) is 5.32 Å². The average molecular weight is 210 g/mol. The van der Waals surface area contributed by atoms with Crippen LogP contribution >= 0.6 is 0 Å². The first kappa shape index (κ1) is 11.5. The van der Waals surface area contributed by atoms with Crippen molar-refractivity contribution in [2.24, 2.45) is 5.92 Å². The zero-order valence-electron chi connectivity index (χ0n) is 8.71. The third kappa shape index (κ3) is 4.44. The summed E-state index contributed by atoms with van der Waals surface area (Å²) in [7, 11) is 0. The van der Waals surface area contributed by atoms with Gasteiger partial charge in [0.05, 0.1) is 6.61 Å². The van der Waals surface area contributed by atoms with Crippen molar-refractivity contribution in [2.45, 2.75) is 13.8 Å². The molecular formula is C11H13FNO2. The third-order valence-electron chi connectivity index (χ3n) is 1.56. The first-order valence-corrected chi connectivity index (χ1v) is 4.69. The predicted molar refractivity (Wildman–Crippen MR) is 55.0 cm³/mol. The Bertz CT molecular complexity index is 339. The number of amides is 1. The van der Waals surface area contributed by atoms with E-state index in [4.69, 9.17) is 4.74 Å². The molecule has 0 spiro atoms. The SMILES string of the molecule is CC(C)COC(=O)Nc1cc[c]c(F)c1. The predicted octanol–water partition coefficient (Wildman–Crippen LogP) is 2.83. The Kier molecular flexibility index (Phi) is 4.09. The van der Waals surface area contributed by atoms with Crippen molar-refractivity contribution in [1.82, 2.24) is 0 Å². The van der Waals surface area contributed by atoms with E-state index in [1.54, 1.807) is 6.07 Å². The molecule has 4 heteroatoms. The first-order valence-electron chi connectivity index (χ1n) is 4.69. The van der Waals surface area contributed by atoms with Crippen LogP contribution in [0.3, 0.4) is 0 Å². The maximum absolute atomic E-state index is 12.7. The Balaban J connectivity index is 2.44. The molecule has 3 nitrogen and oxygen atoms in total. The molecule has 0 atom stereocenters. The number of halogens is 1. The minimum atomic E-state index is -0.575. The number of carbonyl (C=O) groups excluding carboxylic acids is 1. The van der Waals surface area contributed by atoms with Gasteiger partial charge >= 0.3 is 6.09 Å². The Morgan fingerprint density at radius 1 is 1.67 bits per heavy atom. The summed E-state index contributed by atoms with van der Waals surface area (Å²) in [6, 6.07) is 6.45.